The van der Waals surface area contributed by atoms with E-state index in [2.05, 4.69) is 20.6 Å². The van der Waals surface area contributed by atoms with Crippen molar-refractivity contribution in [2.75, 3.05) is 18.4 Å². The molecule has 1 aromatic heterocycles. The zero-order valence-corrected chi connectivity index (χ0v) is 9.03. The first-order valence-electron chi connectivity index (χ1n) is 5.20. The molecule has 0 spiro atoms. The van der Waals surface area contributed by atoms with E-state index in [4.69, 9.17) is 4.74 Å². The second-order valence-electron chi connectivity index (χ2n) is 3.91. The highest BCUT2D eigenvalue weighted by Gasteiger charge is 2.16. The number of anilines is 1. The normalized spacial score (nSPS) is 16.2. The van der Waals surface area contributed by atoms with Crippen molar-refractivity contribution in [3.8, 4) is 5.88 Å². The van der Waals surface area contributed by atoms with Crippen molar-refractivity contribution < 1.29 is 4.74 Å². The lowest BCUT2D eigenvalue weighted by Gasteiger charge is -2.28. The van der Waals surface area contributed by atoms with Crippen LogP contribution < -0.4 is 15.4 Å². The average molecular weight is 208 g/mol. The molecular formula is C10H16N4O. The number of rotatable bonds is 4. The van der Waals surface area contributed by atoms with Crippen molar-refractivity contribution >= 4 is 5.82 Å². The number of ether oxygens (including phenoxy) is 1. The first-order chi connectivity index (χ1) is 7.24. The minimum Gasteiger partial charge on any atom is -0.475 e. The summed E-state index contributed by atoms with van der Waals surface area (Å²) in [5.41, 5.74) is 0. The Balaban J connectivity index is 1.98. The summed E-state index contributed by atoms with van der Waals surface area (Å²) in [6.07, 6.45) is 1.66. The molecule has 0 bridgehead atoms. The zero-order valence-electron chi connectivity index (χ0n) is 9.03. The predicted molar refractivity (Wildman–Crippen MR) is 58.1 cm³/mol. The van der Waals surface area contributed by atoms with Crippen molar-refractivity contribution in [3.05, 3.63) is 12.4 Å². The molecule has 5 nitrogen and oxygen atoms in total. The molecule has 1 fully saturated rings. The van der Waals surface area contributed by atoms with Crippen LogP contribution in [-0.2, 0) is 0 Å². The standard InChI is InChI=1S/C10H16N4O/c1-7(2)15-10-3-9(12-6-13-10)14-8-4-11-5-8/h3,6-8,11H,4-5H2,1-2H3,(H,12,13,14). The molecule has 0 amide bonds. The van der Waals surface area contributed by atoms with Crippen LogP contribution in [0, 0.1) is 0 Å². The molecule has 0 aromatic carbocycles. The molecule has 5 heteroatoms. The third-order valence-electron chi connectivity index (χ3n) is 2.13. The van der Waals surface area contributed by atoms with E-state index in [1.54, 1.807) is 0 Å². The molecule has 2 heterocycles. The maximum Gasteiger partial charge on any atom is 0.218 e. The van der Waals surface area contributed by atoms with Gasteiger partial charge in [-0.05, 0) is 13.8 Å². The summed E-state index contributed by atoms with van der Waals surface area (Å²) in [6.45, 7) is 5.94. The lowest BCUT2D eigenvalue weighted by Crippen LogP contribution is -2.51. The SMILES string of the molecule is CC(C)Oc1cc(NC2CNC2)ncn1. The Morgan fingerprint density at radius 3 is 2.87 bits per heavy atom. The number of nitrogens with one attached hydrogen (secondary N) is 2. The molecule has 2 rings (SSSR count). The average Bonchev–Trinajstić information content (AvgIpc) is 2.11. The Labute approximate surface area is 89.3 Å². The maximum absolute atomic E-state index is 5.48. The van der Waals surface area contributed by atoms with Gasteiger partial charge < -0.3 is 15.4 Å². The zero-order chi connectivity index (χ0) is 10.7. The van der Waals surface area contributed by atoms with Crippen molar-refractivity contribution in [2.24, 2.45) is 0 Å². The summed E-state index contributed by atoms with van der Waals surface area (Å²) in [5.74, 6) is 1.45. The van der Waals surface area contributed by atoms with Crippen LogP contribution >= 0.6 is 0 Å². The van der Waals surface area contributed by atoms with E-state index in [-0.39, 0.29) is 6.10 Å². The number of nitrogens with zero attached hydrogens (tertiary/aromatic N) is 2. The van der Waals surface area contributed by atoms with Gasteiger partial charge in [-0.1, -0.05) is 0 Å². The number of hydrogen-bond acceptors (Lipinski definition) is 5. The molecule has 2 N–H and O–H groups in total. The predicted octanol–water partition coefficient (Wildman–Crippen LogP) is 0.647. The summed E-state index contributed by atoms with van der Waals surface area (Å²) in [5, 5.41) is 6.49. The molecule has 0 atom stereocenters. The van der Waals surface area contributed by atoms with E-state index in [9.17, 15) is 0 Å². The lowest BCUT2D eigenvalue weighted by molar-refractivity contribution is 0.232. The fourth-order valence-corrected chi connectivity index (χ4v) is 1.32. The van der Waals surface area contributed by atoms with Crippen molar-refractivity contribution in [3.63, 3.8) is 0 Å². The van der Waals surface area contributed by atoms with Gasteiger partial charge in [-0.3, -0.25) is 0 Å². The van der Waals surface area contributed by atoms with Gasteiger partial charge in [-0.15, -0.1) is 0 Å². The molecule has 1 aliphatic rings. The van der Waals surface area contributed by atoms with Crippen LogP contribution in [0.25, 0.3) is 0 Å². The van der Waals surface area contributed by atoms with Gasteiger partial charge in [0.15, 0.2) is 0 Å². The van der Waals surface area contributed by atoms with Crippen LogP contribution in [0.3, 0.4) is 0 Å². The Morgan fingerprint density at radius 2 is 2.27 bits per heavy atom. The van der Waals surface area contributed by atoms with Gasteiger partial charge in [0.25, 0.3) is 0 Å². The molecule has 0 saturated carbocycles. The Kier molecular flexibility index (Phi) is 3.01. The van der Waals surface area contributed by atoms with Crippen LogP contribution in [0.4, 0.5) is 5.82 Å². The first-order valence-corrected chi connectivity index (χ1v) is 5.20. The molecule has 0 radical (unpaired) electrons. The highest BCUT2D eigenvalue weighted by Crippen LogP contribution is 2.13. The smallest absolute Gasteiger partial charge is 0.218 e. The quantitative estimate of drug-likeness (QED) is 0.760. The monoisotopic (exact) mass is 208 g/mol. The molecule has 1 aromatic rings. The van der Waals surface area contributed by atoms with Crippen molar-refractivity contribution in [1.29, 1.82) is 0 Å². The Morgan fingerprint density at radius 1 is 1.47 bits per heavy atom. The maximum atomic E-state index is 5.48. The van der Waals surface area contributed by atoms with Crippen LogP contribution in [0.1, 0.15) is 13.8 Å². The lowest BCUT2D eigenvalue weighted by atomic mass is 10.2. The molecule has 15 heavy (non-hydrogen) atoms. The van der Waals surface area contributed by atoms with Gasteiger partial charge in [0, 0.05) is 19.2 Å². The third kappa shape index (κ3) is 2.79. The summed E-state index contributed by atoms with van der Waals surface area (Å²) in [4.78, 5) is 8.18. The molecule has 0 aliphatic carbocycles. The summed E-state index contributed by atoms with van der Waals surface area (Å²) < 4.78 is 5.48. The van der Waals surface area contributed by atoms with E-state index in [0.29, 0.717) is 11.9 Å². The highest BCUT2D eigenvalue weighted by molar-refractivity contribution is 5.39. The number of hydrogen-bond donors (Lipinski definition) is 2. The van der Waals surface area contributed by atoms with Gasteiger partial charge in [0.05, 0.1) is 12.1 Å². The van der Waals surface area contributed by atoms with E-state index in [1.165, 1.54) is 6.33 Å². The van der Waals surface area contributed by atoms with Gasteiger partial charge in [0.2, 0.25) is 5.88 Å². The minimum atomic E-state index is 0.137. The minimum absolute atomic E-state index is 0.137. The molecule has 1 aliphatic heterocycles. The van der Waals surface area contributed by atoms with Crippen molar-refractivity contribution in [2.45, 2.75) is 26.0 Å². The van der Waals surface area contributed by atoms with Crippen LogP contribution in [0.5, 0.6) is 5.88 Å². The molecule has 1 saturated heterocycles. The van der Waals surface area contributed by atoms with Gasteiger partial charge >= 0.3 is 0 Å². The van der Waals surface area contributed by atoms with E-state index < -0.39 is 0 Å². The Hall–Kier alpha value is -1.36. The van der Waals surface area contributed by atoms with Gasteiger partial charge in [0.1, 0.15) is 12.1 Å². The van der Waals surface area contributed by atoms with Crippen molar-refractivity contribution in [1.82, 2.24) is 15.3 Å². The van der Waals surface area contributed by atoms with E-state index >= 15 is 0 Å². The number of aromatic nitrogens is 2. The second-order valence-corrected chi connectivity index (χ2v) is 3.91. The highest BCUT2D eigenvalue weighted by atomic mass is 16.5. The third-order valence-corrected chi connectivity index (χ3v) is 2.13. The molecular weight excluding hydrogens is 192 g/mol. The first kappa shape index (κ1) is 10.2. The van der Waals surface area contributed by atoms with E-state index in [1.807, 2.05) is 19.9 Å². The van der Waals surface area contributed by atoms with Crippen LogP contribution in [0.15, 0.2) is 12.4 Å². The fourth-order valence-electron chi connectivity index (χ4n) is 1.32. The second kappa shape index (κ2) is 4.44. The molecule has 0 unspecified atom stereocenters. The topological polar surface area (TPSA) is 59.1 Å². The van der Waals surface area contributed by atoms with Crippen LogP contribution in [0.2, 0.25) is 0 Å². The van der Waals surface area contributed by atoms with Gasteiger partial charge in [-0.2, -0.15) is 0 Å². The van der Waals surface area contributed by atoms with E-state index in [0.717, 1.165) is 18.9 Å². The fraction of sp³-hybridized carbons (Fsp3) is 0.600. The Bertz CT molecular complexity index is 325. The van der Waals surface area contributed by atoms with Gasteiger partial charge in [-0.25, -0.2) is 9.97 Å². The molecule has 82 valence electrons. The summed E-state index contributed by atoms with van der Waals surface area (Å²) >= 11 is 0. The van der Waals surface area contributed by atoms with Crippen LogP contribution in [-0.4, -0.2) is 35.2 Å². The largest absolute Gasteiger partial charge is 0.475 e. The summed E-state index contributed by atoms with van der Waals surface area (Å²) in [6, 6.07) is 2.31. The summed E-state index contributed by atoms with van der Waals surface area (Å²) in [7, 11) is 0.